The molecule has 7 atom stereocenters. The van der Waals surface area contributed by atoms with Crippen molar-refractivity contribution in [3.8, 4) is 0 Å². The fourth-order valence-corrected chi connectivity index (χ4v) is 5.31. The van der Waals surface area contributed by atoms with Gasteiger partial charge in [-0.1, -0.05) is 38.3 Å². The highest BCUT2D eigenvalue weighted by molar-refractivity contribution is 6.10. The number of nitrogens with one attached hydrogen (secondary N) is 7. The molecule has 0 heterocycles. The second kappa shape index (κ2) is 25.4. The molecule has 0 bridgehead atoms. The number of aryl methyl sites for hydroxylation is 1. The first-order valence-electron chi connectivity index (χ1n) is 18.8. The molecule has 0 aliphatic carbocycles. The van der Waals surface area contributed by atoms with E-state index in [1.165, 1.54) is 6.92 Å². The Labute approximate surface area is 341 Å². The van der Waals surface area contributed by atoms with Gasteiger partial charge in [-0.2, -0.15) is 0 Å². The Bertz CT molecular complexity index is 1670. The van der Waals surface area contributed by atoms with E-state index >= 15 is 0 Å². The number of benzene rings is 1. The number of amides is 10. The SMILES string of the molecule is CCCCCCc1ccc(C(=O)NC(CO)C(=O)NC(C)C(=O)NCC(=O)N(C)C(C(=O)NC(C)C(=O)NC(CC(N)=O)C(=O)NC(=O)C(O)C(=O)NC)C(C)O)cc1. The van der Waals surface area contributed by atoms with Crippen LogP contribution in [0.2, 0.25) is 0 Å². The van der Waals surface area contributed by atoms with E-state index in [9.17, 15) is 63.3 Å². The largest absolute Gasteiger partial charge is 0.394 e. The molecule has 328 valence electrons. The molecule has 1 aromatic carbocycles. The van der Waals surface area contributed by atoms with Crippen molar-refractivity contribution < 1.29 is 63.3 Å². The van der Waals surface area contributed by atoms with Crippen LogP contribution in [0.4, 0.5) is 0 Å². The van der Waals surface area contributed by atoms with Crippen LogP contribution in [0.5, 0.6) is 0 Å². The van der Waals surface area contributed by atoms with Crippen molar-refractivity contribution in [2.45, 2.75) is 109 Å². The quantitative estimate of drug-likeness (QED) is 0.0345. The summed E-state index contributed by atoms with van der Waals surface area (Å²) in [4.78, 5) is 126. The van der Waals surface area contributed by atoms with Crippen molar-refractivity contribution in [1.82, 2.24) is 42.1 Å². The van der Waals surface area contributed by atoms with Crippen LogP contribution in [0.3, 0.4) is 0 Å². The van der Waals surface area contributed by atoms with Gasteiger partial charge in [0.15, 0.2) is 0 Å². The molecular formula is C37H57N9O13. The molecule has 1 rings (SSSR count). The highest BCUT2D eigenvalue weighted by atomic mass is 16.3. The summed E-state index contributed by atoms with van der Waals surface area (Å²) in [5.74, 6) is -10.5. The molecular weight excluding hydrogens is 778 g/mol. The first kappa shape index (κ1) is 51.0. The highest BCUT2D eigenvalue weighted by Crippen LogP contribution is 2.10. The van der Waals surface area contributed by atoms with Gasteiger partial charge in [0.1, 0.15) is 30.2 Å². The number of primary amides is 1. The number of unbranched alkanes of at least 4 members (excludes halogenated alkanes) is 3. The van der Waals surface area contributed by atoms with E-state index in [0.717, 1.165) is 70.5 Å². The standard InChI is InChI=1S/C37H57N9O13/c1-7-8-9-10-11-22-12-14-23(15-13-22)32(54)44-25(18-47)34(56)41-19(2)30(52)40-17-27(50)46(6)28(21(4)48)35(57)42-20(3)31(53)43-24(16-26(38)49)33(55)45-37(59)29(51)36(58)39-5/h12-15,19-21,24-25,28-29,47-48,51H,7-11,16-18H2,1-6H3,(H2,38,49)(H,39,58)(H,40,52)(H,41,56)(H,42,57)(H,43,53)(H,44,54)(H,45,55,59). The fourth-order valence-electron chi connectivity index (χ4n) is 5.31. The van der Waals surface area contributed by atoms with Gasteiger partial charge in [0.25, 0.3) is 17.7 Å². The van der Waals surface area contributed by atoms with E-state index in [4.69, 9.17) is 5.73 Å². The van der Waals surface area contributed by atoms with Crippen LogP contribution in [-0.2, 0) is 49.6 Å². The molecule has 0 aromatic heterocycles. The molecule has 0 spiro atoms. The fraction of sp³-hybridized carbons (Fsp3) is 0.568. The predicted molar refractivity (Wildman–Crippen MR) is 208 cm³/mol. The van der Waals surface area contributed by atoms with E-state index < -0.39 is 121 Å². The second-order valence-corrected chi connectivity index (χ2v) is 13.7. The molecule has 0 saturated carbocycles. The molecule has 12 N–H and O–H groups in total. The topological polar surface area (TPSA) is 345 Å². The smallest absolute Gasteiger partial charge is 0.265 e. The zero-order valence-corrected chi connectivity index (χ0v) is 34.0. The lowest BCUT2D eigenvalue weighted by atomic mass is 10.0. The molecule has 0 radical (unpaired) electrons. The Kier molecular flexibility index (Phi) is 21.9. The highest BCUT2D eigenvalue weighted by Gasteiger charge is 2.35. The van der Waals surface area contributed by atoms with Crippen LogP contribution in [0, 0.1) is 0 Å². The van der Waals surface area contributed by atoms with E-state index in [0.29, 0.717) is 0 Å². The lowest BCUT2D eigenvalue weighted by Crippen LogP contribution is -2.60. The molecule has 10 amide bonds. The van der Waals surface area contributed by atoms with Crippen LogP contribution in [0.1, 0.15) is 75.7 Å². The summed E-state index contributed by atoms with van der Waals surface area (Å²) in [6.07, 6.45) is 0.551. The average molecular weight is 836 g/mol. The van der Waals surface area contributed by atoms with Crippen LogP contribution >= 0.6 is 0 Å². The van der Waals surface area contributed by atoms with E-state index in [-0.39, 0.29) is 5.56 Å². The molecule has 7 unspecified atom stereocenters. The van der Waals surface area contributed by atoms with Crippen LogP contribution in [-0.4, -0.2) is 149 Å². The van der Waals surface area contributed by atoms with Crippen molar-refractivity contribution in [2.24, 2.45) is 5.73 Å². The monoisotopic (exact) mass is 835 g/mol. The average Bonchev–Trinajstić information content (AvgIpc) is 3.18. The van der Waals surface area contributed by atoms with E-state index in [1.807, 2.05) is 17.4 Å². The van der Waals surface area contributed by atoms with Crippen molar-refractivity contribution in [2.75, 3.05) is 27.2 Å². The third-order valence-corrected chi connectivity index (χ3v) is 8.82. The van der Waals surface area contributed by atoms with Crippen molar-refractivity contribution in [3.05, 3.63) is 35.4 Å². The van der Waals surface area contributed by atoms with Crippen LogP contribution in [0.25, 0.3) is 0 Å². The van der Waals surface area contributed by atoms with Gasteiger partial charge < -0.3 is 57.9 Å². The Morgan fingerprint density at radius 2 is 1.31 bits per heavy atom. The molecule has 0 saturated heterocycles. The zero-order chi connectivity index (χ0) is 45.0. The summed E-state index contributed by atoms with van der Waals surface area (Å²) in [5.41, 5.74) is 6.45. The van der Waals surface area contributed by atoms with Gasteiger partial charge in [-0.25, -0.2) is 0 Å². The maximum absolute atomic E-state index is 13.2. The van der Waals surface area contributed by atoms with Crippen molar-refractivity contribution in [3.63, 3.8) is 0 Å². The minimum absolute atomic E-state index is 0.259. The Morgan fingerprint density at radius 1 is 0.712 bits per heavy atom. The first-order chi connectivity index (χ1) is 27.7. The lowest BCUT2D eigenvalue weighted by Gasteiger charge is -2.30. The number of nitrogens with zero attached hydrogens (tertiary/aromatic N) is 1. The van der Waals surface area contributed by atoms with Gasteiger partial charge in [0.05, 0.1) is 25.7 Å². The summed E-state index contributed by atoms with van der Waals surface area (Å²) < 4.78 is 0. The Balaban J connectivity index is 2.80. The van der Waals surface area contributed by atoms with Crippen molar-refractivity contribution in [1.29, 1.82) is 0 Å². The van der Waals surface area contributed by atoms with Gasteiger partial charge in [0.2, 0.25) is 47.5 Å². The molecule has 0 fully saturated rings. The van der Waals surface area contributed by atoms with Gasteiger partial charge in [-0.15, -0.1) is 0 Å². The van der Waals surface area contributed by atoms with Gasteiger partial charge >= 0.3 is 0 Å². The maximum Gasteiger partial charge on any atom is 0.265 e. The van der Waals surface area contributed by atoms with E-state index in [2.05, 4.69) is 33.5 Å². The number of rotatable bonds is 24. The predicted octanol–water partition coefficient (Wildman–Crippen LogP) is -4.66. The number of nitrogens with two attached hydrogens (primary N) is 1. The number of carbonyl (C=O) groups is 10. The summed E-state index contributed by atoms with van der Waals surface area (Å²) in [7, 11) is 2.23. The maximum atomic E-state index is 13.2. The second-order valence-electron chi connectivity index (χ2n) is 13.7. The molecule has 0 aliphatic heterocycles. The summed E-state index contributed by atoms with van der Waals surface area (Å²) >= 11 is 0. The van der Waals surface area contributed by atoms with Gasteiger partial charge in [-0.3, -0.25) is 53.3 Å². The normalized spacial score (nSPS) is 14.3. The number of imide groups is 1. The van der Waals surface area contributed by atoms with Crippen molar-refractivity contribution >= 4 is 59.1 Å². The van der Waals surface area contributed by atoms with Gasteiger partial charge in [-0.05, 0) is 51.3 Å². The molecule has 59 heavy (non-hydrogen) atoms. The minimum atomic E-state index is -2.30. The Hall–Kier alpha value is -6.00. The molecule has 1 aromatic rings. The number of aliphatic hydroxyl groups is 3. The number of likely N-dealkylation sites (N-methyl/N-ethyl adjacent to an activating group) is 2. The first-order valence-corrected chi connectivity index (χ1v) is 18.8. The number of hydrogen-bond donors (Lipinski definition) is 11. The van der Waals surface area contributed by atoms with Crippen LogP contribution < -0.4 is 43.0 Å². The Morgan fingerprint density at radius 3 is 1.85 bits per heavy atom. The summed E-state index contributed by atoms with van der Waals surface area (Å²) in [6, 6.07) is -0.789. The summed E-state index contributed by atoms with van der Waals surface area (Å²) in [5, 5.41) is 44.8. The number of carbonyl (C=O) groups excluding carboxylic acids is 10. The van der Waals surface area contributed by atoms with Crippen LogP contribution in [0.15, 0.2) is 24.3 Å². The van der Waals surface area contributed by atoms with E-state index in [1.54, 1.807) is 17.4 Å². The molecule has 22 nitrogen and oxygen atoms in total. The number of hydrogen-bond acceptors (Lipinski definition) is 13. The minimum Gasteiger partial charge on any atom is -0.394 e. The molecule has 22 heteroatoms. The zero-order valence-electron chi connectivity index (χ0n) is 34.0. The number of aliphatic hydroxyl groups excluding tert-OH is 3. The van der Waals surface area contributed by atoms with Gasteiger partial charge in [0, 0.05) is 19.7 Å². The third kappa shape index (κ3) is 17.2. The lowest BCUT2D eigenvalue weighted by molar-refractivity contribution is -0.145. The third-order valence-electron chi connectivity index (χ3n) is 8.82. The molecule has 0 aliphatic rings. The summed E-state index contributed by atoms with van der Waals surface area (Å²) in [6.45, 7) is 4.19.